The summed E-state index contributed by atoms with van der Waals surface area (Å²) >= 11 is 3.19. The third-order valence-corrected chi connectivity index (χ3v) is 6.03. The third-order valence-electron chi connectivity index (χ3n) is 3.94. The van der Waals surface area contributed by atoms with Crippen LogP contribution in [0.2, 0.25) is 0 Å². The number of thiophene rings is 1. The Morgan fingerprint density at radius 1 is 1.25 bits per heavy atom. The lowest BCUT2D eigenvalue weighted by Crippen LogP contribution is -2.30. The number of aryl methyl sites for hydroxylation is 1. The van der Waals surface area contributed by atoms with Crippen molar-refractivity contribution in [1.82, 2.24) is 5.32 Å². The lowest BCUT2D eigenvalue weighted by molar-refractivity contribution is -0.120. The molecule has 1 aliphatic rings. The average molecular weight is 355 g/mol. The molecular weight excluding hydrogens is 336 g/mol. The highest BCUT2D eigenvalue weighted by molar-refractivity contribution is 8.03. The van der Waals surface area contributed by atoms with Gasteiger partial charge in [-0.1, -0.05) is 36.4 Å². The molecule has 1 aromatic heterocycles. The minimum Gasteiger partial charge on any atom is -0.320 e. The van der Waals surface area contributed by atoms with Crippen LogP contribution in [0.25, 0.3) is 0 Å². The minimum atomic E-state index is -0.0969. The third kappa shape index (κ3) is 4.08. The Balaban J connectivity index is 1.65. The Morgan fingerprint density at radius 3 is 2.79 bits per heavy atom. The van der Waals surface area contributed by atoms with Gasteiger partial charge >= 0.3 is 0 Å². The van der Waals surface area contributed by atoms with E-state index in [2.05, 4.69) is 23.5 Å². The van der Waals surface area contributed by atoms with Gasteiger partial charge < -0.3 is 5.32 Å². The number of hydrogen-bond acceptors (Lipinski definition) is 4. The second kappa shape index (κ2) is 8.18. The van der Waals surface area contributed by atoms with E-state index < -0.39 is 0 Å². The van der Waals surface area contributed by atoms with Crippen LogP contribution in [0.4, 0.5) is 0 Å². The molecular formula is C19H18N2OS2. The molecule has 3 nitrogen and oxygen atoms in total. The minimum absolute atomic E-state index is 0.00189. The number of nitrogens with zero attached hydrogens (tertiary/aromatic N) is 1. The quantitative estimate of drug-likeness (QED) is 0.780. The summed E-state index contributed by atoms with van der Waals surface area (Å²) in [4.78, 5) is 13.1. The van der Waals surface area contributed by atoms with E-state index in [0.29, 0.717) is 12.0 Å². The van der Waals surface area contributed by atoms with Gasteiger partial charge in [-0.2, -0.15) is 5.26 Å². The SMILES string of the molecule is N#CC1=C(SCCCc2ccccc2)NC(=O)C[C@@H]1c1cccs1. The number of allylic oxidation sites excluding steroid dienone is 1. The number of thioether (sulfide) groups is 1. The number of amides is 1. The van der Waals surface area contributed by atoms with Gasteiger partial charge in [-0.25, -0.2) is 0 Å². The molecule has 3 rings (SSSR count). The first kappa shape index (κ1) is 16.8. The molecule has 2 heterocycles. The van der Waals surface area contributed by atoms with Crippen molar-refractivity contribution in [2.75, 3.05) is 5.75 Å². The molecule has 122 valence electrons. The Kier molecular flexibility index (Phi) is 5.73. The molecule has 1 amide bonds. The van der Waals surface area contributed by atoms with Crippen LogP contribution in [0.5, 0.6) is 0 Å². The summed E-state index contributed by atoms with van der Waals surface area (Å²) in [5.74, 6) is 0.783. The molecule has 0 radical (unpaired) electrons. The fourth-order valence-electron chi connectivity index (χ4n) is 2.76. The Hall–Kier alpha value is -2.03. The number of benzene rings is 1. The molecule has 1 atom stereocenters. The van der Waals surface area contributed by atoms with Crippen LogP contribution in [-0.4, -0.2) is 11.7 Å². The standard InChI is InChI=1S/C19H18N2OS2/c20-13-16-15(17-9-5-10-23-17)12-18(22)21-19(16)24-11-4-8-14-6-2-1-3-7-14/h1-3,5-7,9-10,15H,4,8,11-12H2,(H,21,22)/t15-/m0/s1. The van der Waals surface area contributed by atoms with Crippen LogP contribution < -0.4 is 5.32 Å². The van der Waals surface area contributed by atoms with Crippen molar-refractivity contribution in [3.05, 3.63) is 68.9 Å². The van der Waals surface area contributed by atoms with Crippen molar-refractivity contribution in [1.29, 1.82) is 5.26 Å². The highest BCUT2D eigenvalue weighted by Gasteiger charge is 2.29. The first-order valence-electron chi connectivity index (χ1n) is 7.92. The number of hydrogen-bond donors (Lipinski definition) is 1. The normalized spacial score (nSPS) is 17.5. The Labute approximate surface area is 150 Å². The van der Waals surface area contributed by atoms with Crippen LogP contribution in [0.1, 0.15) is 29.2 Å². The summed E-state index contributed by atoms with van der Waals surface area (Å²) in [6.07, 6.45) is 2.37. The van der Waals surface area contributed by atoms with Gasteiger partial charge in [0, 0.05) is 17.2 Å². The van der Waals surface area contributed by atoms with E-state index in [0.717, 1.165) is 28.5 Å². The second-order valence-corrected chi connectivity index (χ2v) is 7.70. The fourth-order valence-corrected chi connectivity index (χ4v) is 4.62. The molecule has 1 N–H and O–H groups in total. The van der Waals surface area contributed by atoms with E-state index in [1.807, 2.05) is 35.7 Å². The van der Waals surface area contributed by atoms with Crippen LogP contribution >= 0.6 is 23.1 Å². The van der Waals surface area contributed by atoms with Gasteiger partial charge in [-0.05, 0) is 35.6 Å². The van der Waals surface area contributed by atoms with E-state index in [4.69, 9.17) is 0 Å². The highest BCUT2D eigenvalue weighted by atomic mass is 32.2. The maximum absolute atomic E-state index is 12.0. The molecule has 0 bridgehead atoms. The van der Waals surface area contributed by atoms with E-state index in [1.165, 1.54) is 5.56 Å². The summed E-state index contributed by atoms with van der Waals surface area (Å²) < 4.78 is 0. The predicted octanol–water partition coefficient (Wildman–Crippen LogP) is 4.45. The number of carbonyl (C=O) groups excluding carboxylic acids is 1. The van der Waals surface area contributed by atoms with Crippen molar-refractivity contribution >= 4 is 29.0 Å². The maximum Gasteiger partial charge on any atom is 0.225 e. The smallest absolute Gasteiger partial charge is 0.225 e. The van der Waals surface area contributed by atoms with Gasteiger partial charge in [0.25, 0.3) is 0 Å². The summed E-state index contributed by atoms with van der Waals surface area (Å²) in [5.41, 5.74) is 2.01. The van der Waals surface area contributed by atoms with Crippen LogP contribution in [-0.2, 0) is 11.2 Å². The summed E-state index contributed by atoms with van der Waals surface area (Å²) in [6, 6.07) is 16.7. The molecule has 0 saturated carbocycles. The second-order valence-electron chi connectivity index (χ2n) is 5.61. The topological polar surface area (TPSA) is 52.9 Å². The average Bonchev–Trinajstić information content (AvgIpc) is 3.13. The summed E-state index contributed by atoms with van der Waals surface area (Å²) in [5, 5.41) is 15.2. The lowest BCUT2D eigenvalue weighted by Gasteiger charge is -2.24. The zero-order valence-electron chi connectivity index (χ0n) is 13.2. The summed E-state index contributed by atoms with van der Waals surface area (Å²) in [7, 11) is 0. The molecule has 5 heteroatoms. The van der Waals surface area contributed by atoms with Gasteiger partial charge in [0.1, 0.15) is 0 Å². The predicted molar refractivity (Wildman–Crippen MR) is 99.7 cm³/mol. The Bertz CT molecular complexity index is 760. The van der Waals surface area contributed by atoms with Gasteiger partial charge in [-0.15, -0.1) is 23.1 Å². The largest absolute Gasteiger partial charge is 0.320 e. The first-order chi connectivity index (χ1) is 11.8. The van der Waals surface area contributed by atoms with Crippen LogP contribution in [0.3, 0.4) is 0 Å². The van der Waals surface area contributed by atoms with Crippen molar-refractivity contribution in [2.45, 2.75) is 25.2 Å². The van der Waals surface area contributed by atoms with Crippen molar-refractivity contribution in [2.24, 2.45) is 0 Å². The Morgan fingerprint density at radius 2 is 2.08 bits per heavy atom. The number of carbonyl (C=O) groups is 1. The van der Waals surface area contributed by atoms with Crippen LogP contribution in [0.15, 0.2) is 58.4 Å². The summed E-state index contributed by atoms with van der Waals surface area (Å²) in [6.45, 7) is 0. The monoisotopic (exact) mass is 354 g/mol. The number of nitrogens with one attached hydrogen (secondary N) is 1. The molecule has 1 aliphatic heterocycles. The van der Waals surface area contributed by atoms with E-state index in [-0.39, 0.29) is 11.8 Å². The highest BCUT2D eigenvalue weighted by Crippen LogP contribution is 2.37. The lowest BCUT2D eigenvalue weighted by atomic mass is 9.93. The molecule has 0 aliphatic carbocycles. The van der Waals surface area contributed by atoms with E-state index in [1.54, 1.807) is 23.1 Å². The maximum atomic E-state index is 12.0. The van der Waals surface area contributed by atoms with E-state index >= 15 is 0 Å². The number of rotatable bonds is 6. The molecule has 0 fully saturated rings. The van der Waals surface area contributed by atoms with Crippen LogP contribution in [0, 0.1) is 11.3 Å². The van der Waals surface area contributed by atoms with Gasteiger partial charge in [0.2, 0.25) is 5.91 Å². The molecule has 24 heavy (non-hydrogen) atoms. The fraction of sp³-hybridized carbons (Fsp3) is 0.263. The van der Waals surface area contributed by atoms with E-state index in [9.17, 15) is 10.1 Å². The van der Waals surface area contributed by atoms with Gasteiger partial charge in [-0.3, -0.25) is 4.79 Å². The van der Waals surface area contributed by atoms with Crippen molar-refractivity contribution < 1.29 is 4.79 Å². The molecule has 0 spiro atoms. The number of nitriles is 1. The molecule has 0 saturated heterocycles. The van der Waals surface area contributed by atoms with Gasteiger partial charge in [0.15, 0.2) is 0 Å². The van der Waals surface area contributed by atoms with Gasteiger partial charge in [0.05, 0.1) is 16.7 Å². The molecule has 2 aromatic rings. The zero-order chi connectivity index (χ0) is 16.8. The molecule has 0 unspecified atom stereocenters. The zero-order valence-corrected chi connectivity index (χ0v) is 14.8. The molecule has 1 aromatic carbocycles. The first-order valence-corrected chi connectivity index (χ1v) is 9.78. The van der Waals surface area contributed by atoms with Crippen molar-refractivity contribution in [3.8, 4) is 6.07 Å². The van der Waals surface area contributed by atoms with Crippen molar-refractivity contribution in [3.63, 3.8) is 0 Å².